The lowest BCUT2D eigenvalue weighted by molar-refractivity contribution is -0.138. The van der Waals surface area contributed by atoms with Crippen LogP contribution < -0.4 is 9.46 Å². The molecule has 1 rings (SSSR count). The Morgan fingerprint density at radius 3 is 2.50 bits per heavy atom. The van der Waals surface area contributed by atoms with E-state index in [4.69, 9.17) is 16.7 Å². The number of carbonyl (C=O) groups is 1. The van der Waals surface area contributed by atoms with Crippen molar-refractivity contribution in [2.45, 2.75) is 24.5 Å². The SMILES string of the molecule is C[C@H](NS(=O)(=O)c1ccc(OC(F)F)c(Cl)c1)C(=O)O. The summed E-state index contributed by atoms with van der Waals surface area (Å²) in [5.41, 5.74) is 0. The second-order valence-corrected chi connectivity index (χ2v) is 5.77. The van der Waals surface area contributed by atoms with Crippen molar-refractivity contribution >= 4 is 27.6 Å². The molecular weight excluding hydrogens is 320 g/mol. The van der Waals surface area contributed by atoms with E-state index in [-0.39, 0.29) is 15.7 Å². The average molecular weight is 330 g/mol. The molecule has 0 bridgehead atoms. The summed E-state index contributed by atoms with van der Waals surface area (Å²) in [5.74, 6) is -1.75. The van der Waals surface area contributed by atoms with Crippen LogP contribution in [0.3, 0.4) is 0 Å². The van der Waals surface area contributed by atoms with E-state index in [9.17, 15) is 22.0 Å². The van der Waals surface area contributed by atoms with Crippen LogP contribution in [-0.2, 0) is 14.8 Å². The molecule has 0 saturated carbocycles. The van der Waals surface area contributed by atoms with Crippen LogP contribution in [0.2, 0.25) is 5.02 Å². The van der Waals surface area contributed by atoms with Crippen molar-refractivity contribution in [2.24, 2.45) is 0 Å². The Labute approximate surface area is 118 Å². The molecule has 1 atom stereocenters. The van der Waals surface area contributed by atoms with Crippen LogP contribution in [0.5, 0.6) is 5.75 Å². The molecular formula is C10H10ClF2NO5S. The molecule has 0 aliphatic heterocycles. The number of halogens is 3. The van der Waals surface area contributed by atoms with Gasteiger partial charge in [0.15, 0.2) is 0 Å². The lowest BCUT2D eigenvalue weighted by Gasteiger charge is -2.12. The number of hydrogen-bond donors (Lipinski definition) is 2. The first-order chi connectivity index (χ1) is 9.13. The van der Waals surface area contributed by atoms with Crippen molar-refractivity contribution in [3.8, 4) is 5.75 Å². The average Bonchev–Trinajstić information content (AvgIpc) is 2.30. The zero-order valence-corrected chi connectivity index (χ0v) is 11.6. The molecule has 0 spiro atoms. The van der Waals surface area contributed by atoms with Crippen LogP contribution >= 0.6 is 11.6 Å². The molecule has 0 fully saturated rings. The van der Waals surface area contributed by atoms with Gasteiger partial charge in [-0.1, -0.05) is 11.6 Å². The van der Waals surface area contributed by atoms with Crippen LogP contribution in [0, 0.1) is 0 Å². The highest BCUT2D eigenvalue weighted by Gasteiger charge is 2.22. The number of nitrogens with one attached hydrogen (secondary N) is 1. The fourth-order valence-electron chi connectivity index (χ4n) is 1.19. The fraction of sp³-hybridized carbons (Fsp3) is 0.300. The molecule has 0 radical (unpaired) electrons. The second-order valence-electron chi connectivity index (χ2n) is 3.65. The Kier molecular flexibility index (Phi) is 5.26. The summed E-state index contributed by atoms with van der Waals surface area (Å²) in [6.07, 6.45) is 0. The van der Waals surface area contributed by atoms with Gasteiger partial charge in [-0.2, -0.15) is 13.5 Å². The number of carboxylic acid groups (broad SMARTS) is 1. The molecule has 1 aromatic carbocycles. The number of sulfonamides is 1. The summed E-state index contributed by atoms with van der Waals surface area (Å²) in [7, 11) is -4.13. The monoisotopic (exact) mass is 329 g/mol. The molecule has 0 heterocycles. The van der Waals surface area contributed by atoms with Gasteiger partial charge in [0.25, 0.3) is 0 Å². The van der Waals surface area contributed by atoms with E-state index >= 15 is 0 Å². The van der Waals surface area contributed by atoms with E-state index in [2.05, 4.69) is 4.74 Å². The van der Waals surface area contributed by atoms with E-state index < -0.39 is 28.6 Å². The van der Waals surface area contributed by atoms with Gasteiger partial charge in [-0.05, 0) is 25.1 Å². The van der Waals surface area contributed by atoms with Crippen molar-refractivity contribution in [2.75, 3.05) is 0 Å². The normalized spacial score (nSPS) is 13.2. The predicted molar refractivity (Wildman–Crippen MR) is 65.5 cm³/mol. The fourth-order valence-corrected chi connectivity index (χ4v) is 2.70. The minimum atomic E-state index is -4.13. The van der Waals surface area contributed by atoms with Crippen LogP contribution in [0.4, 0.5) is 8.78 Å². The summed E-state index contributed by atoms with van der Waals surface area (Å²) in [4.78, 5) is 10.2. The quantitative estimate of drug-likeness (QED) is 0.828. The number of benzene rings is 1. The Hall–Kier alpha value is -1.45. The zero-order chi connectivity index (χ0) is 15.5. The molecule has 10 heteroatoms. The number of aliphatic carboxylic acids is 1. The first-order valence-electron chi connectivity index (χ1n) is 5.13. The molecule has 1 aromatic rings. The van der Waals surface area contributed by atoms with Crippen molar-refractivity contribution in [3.63, 3.8) is 0 Å². The van der Waals surface area contributed by atoms with Gasteiger partial charge in [-0.25, -0.2) is 8.42 Å². The Morgan fingerprint density at radius 1 is 1.45 bits per heavy atom. The molecule has 20 heavy (non-hydrogen) atoms. The maximum absolute atomic E-state index is 12.0. The number of ether oxygens (including phenoxy) is 1. The highest BCUT2D eigenvalue weighted by molar-refractivity contribution is 7.89. The number of carboxylic acids is 1. The first kappa shape index (κ1) is 16.6. The van der Waals surface area contributed by atoms with E-state index in [1.54, 1.807) is 0 Å². The van der Waals surface area contributed by atoms with Crippen molar-refractivity contribution in [3.05, 3.63) is 23.2 Å². The minimum absolute atomic E-state index is 0.337. The van der Waals surface area contributed by atoms with Crippen LogP contribution in [0.15, 0.2) is 23.1 Å². The van der Waals surface area contributed by atoms with E-state index in [0.29, 0.717) is 0 Å². The first-order valence-corrected chi connectivity index (χ1v) is 6.99. The van der Waals surface area contributed by atoms with Crippen LogP contribution in [0.25, 0.3) is 0 Å². The molecule has 0 unspecified atom stereocenters. The zero-order valence-electron chi connectivity index (χ0n) is 10.0. The van der Waals surface area contributed by atoms with Crippen LogP contribution in [0.1, 0.15) is 6.92 Å². The third kappa shape index (κ3) is 4.29. The standard InChI is InChI=1S/C10H10ClF2NO5S/c1-5(9(15)16)14-20(17,18)6-2-3-8(7(11)4-6)19-10(12)13/h2-5,10,14H,1H3,(H,15,16)/t5-/m0/s1. The van der Waals surface area contributed by atoms with Gasteiger partial charge in [-0.15, -0.1) is 0 Å². The molecule has 2 N–H and O–H groups in total. The van der Waals surface area contributed by atoms with Crippen molar-refractivity contribution < 1.29 is 31.8 Å². The number of rotatable bonds is 6. The summed E-state index contributed by atoms with van der Waals surface area (Å²) < 4.78 is 53.6. The molecule has 112 valence electrons. The Balaban J connectivity index is 3.03. The highest BCUT2D eigenvalue weighted by Crippen LogP contribution is 2.28. The summed E-state index contributed by atoms with van der Waals surface area (Å²) in [6.45, 7) is -1.96. The van der Waals surface area contributed by atoms with Gasteiger partial charge >= 0.3 is 12.6 Å². The van der Waals surface area contributed by atoms with E-state index in [1.165, 1.54) is 0 Å². The number of hydrogen-bond acceptors (Lipinski definition) is 4. The lowest BCUT2D eigenvalue weighted by Crippen LogP contribution is -2.38. The maximum Gasteiger partial charge on any atom is 0.387 e. The van der Waals surface area contributed by atoms with Gasteiger partial charge in [-0.3, -0.25) is 4.79 Å². The molecule has 0 aromatic heterocycles. The topological polar surface area (TPSA) is 92.7 Å². The minimum Gasteiger partial charge on any atom is -0.480 e. The van der Waals surface area contributed by atoms with Gasteiger partial charge in [0, 0.05) is 0 Å². The molecule has 0 aliphatic rings. The molecule has 0 aliphatic carbocycles. The Bertz CT molecular complexity index is 608. The summed E-state index contributed by atoms with van der Waals surface area (Å²) in [6, 6.07) is 1.46. The molecule has 0 amide bonds. The van der Waals surface area contributed by atoms with Gasteiger partial charge in [0.1, 0.15) is 11.8 Å². The Morgan fingerprint density at radius 2 is 2.05 bits per heavy atom. The maximum atomic E-state index is 12.0. The van der Waals surface area contributed by atoms with Crippen molar-refractivity contribution in [1.29, 1.82) is 0 Å². The van der Waals surface area contributed by atoms with E-state index in [1.807, 2.05) is 4.72 Å². The highest BCUT2D eigenvalue weighted by atomic mass is 35.5. The van der Waals surface area contributed by atoms with E-state index in [0.717, 1.165) is 25.1 Å². The third-order valence-corrected chi connectivity index (χ3v) is 3.97. The smallest absolute Gasteiger partial charge is 0.387 e. The predicted octanol–water partition coefficient (Wildman–Crippen LogP) is 1.69. The largest absolute Gasteiger partial charge is 0.480 e. The van der Waals surface area contributed by atoms with Gasteiger partial charge < -0.3 is 9.84 Å². The van der Waals surface area contributed by atoms with Crippen molar-refractivity contribution in [1.82, 2.24) is 4.72 Å². The van der Waals surface area contributed by atoms with Gasteiger partial charge in [0.2, 0.25) is 10.0 Å². The summed E-state index contributed by atoms with van der Waals surface area (Å²) in [5, 5.41) is 8.30. The number of alkyl halides is 2. The third-order valence-electron chi connectivity index (χ3n) is 2.13. The summed E-state index contributed by atoms with van der Waals surface area (Å²) >= 11 is 5.61. The second kappa shape index (κ2) is 6.33. The van der Waals surface area contributed by atoms with Crippen LogP contribution in [-0.4, -0.2) is 32.1 Å². The molecule has 6 nitrogen and oxygen atoms in total. The van der Waals surface area contributed by atoms with Gasteiger partial charge in [0.05, 0.1) is 9.92 Å². The lowest BCUT2D eigenvalue weighted by atomic mass is 10.3. The molecule has 0 saturated heterocycles.